The maximum absolute atomic E-state index is 5.46. The van der Waals surface area contributed by atoms with Crippen molar-refractivity contribution in [3.63, 3.8) is 0 Å². The third-order valence-electron chi connectivity index (χ3n) is 11.4. The summed E-state index contributed by atoms with van der Waals surface area (Å²) in [6.45, 7) is 0. The number of benzene rings is 8. The lowest BCUT2D eigenvalue weighted by Gasteiger charge is -2.37. The average Bonchev–Trinajstić information content (AvgIpc) is 3.83. The molecule has 8 aromatic carbocycles. The maximum atomic E-state index is 5.46. The molecule has 0 unspecified atom stereocenters. The molecule has 0 fully saturated rings. The zero-order valence-electron chi connectivity index (χ0n) is 31.0. The number of aromatic nitrogens is 3. The normalized spacial score (nSPS) is 11.9. The molecule has 3 aromatic heterocycles. The zero-order chi connectivity index (χ0) is 37.8. The first-order chi connectivity index (χ1) is 28.3. The zero-order valence-corrected chi connectivity index (χ0v) is 31.8. The molecule has 11 rings (SSSR count). The minimum absolute atomic E-state index is 0.598. The third kappa shape index (κ3) is 5.41. The molecule has 0 bridgehead atoms. The molecule has 3 nitrogen and oxygen atoms in total. The fourth-order valence-electron chi connectivity index (χ4n) is 8.84. The van der Waals surface area contributed by atoms with Crippen molar-refractivity contribution in [2.24, 2.45) is 0 Å². The van der Waals surface area contributed by atoms with Gasteiger partial charge < -0.3 is 0 Å². The minimum atomic E-state index is -0.598. The molecule has 0 atom stereocenters. The van der Waals surface area contributed by atoms with Crippen LogP contribution < -0.4 is 0 Å². The van der Waals surface area contributed by atoms with Gasteiger partial charge in [0.2, 0.25) is 0 Å². The molecule has 0 N–H and O–H groups in total. The maximum Gasteiger partial charge on any atom is 0.162 e. The summed E-state index contributed by atoms with van der Waals surface area (Å²) in [4.78, 5) is 10.9. The van der Waals surface area contributed by atoms with Crippen LogP contribution in [0.1, 0.15) is 22.3 Å². The first-order valence-corrected chi connectivity index (χ1v) is 20.1. The largest absolute Gasteiger partial charge is 0.294 e. The summed E-state index contributed by atoms with van der Waals surface area (Å²) in [5, 5.41) is 4.95. The number of rotatable bonds is 7. The summed E-state index contributed by atoms with van der Waals surface area (Å²) < 4.78 is 4.82. The summed E-state index contributed by atoms with van der Waals surface area (Å²) in [7, 11) is 0. The lowest BCUT2D eigenvalue weighted by molar-refractivity contribution is 0.745. The van der Waals surface area contributed by atoms with Crippen LogP contribution in [0.4, 0.5) is 0 Å². The highest BCUT2D eigenvalue weighted by molar-refractivity contribution is 7.25. The molecule has 4 heteroatoms. The number of hydrogen-bond acceptors (Lipinski definition) is 3. The van der Waals surface area contributed by atoms with E-state index in [1.54, 1.807) is 0 Å². The Balaban J connectivity index is 1.18. The minimum Gasteiger partial charge on any atom is -0.294 e. The number of fused-ring (bicyclic) bond motifs is 6. The SMILES string of the molecule is c1ccc(C(c2ccccc2)(c2ccccc2)c2cccc(-c3nc(-c4ccc5c(c4)sc4ccccc45)cc(-n4c5ccccc5c5ccccc54)n3)c2)cc1. The van der Waals surface area contributed by atoms with E-state index in [0.29, 0.717) is 5.82 Å². The first kappa shape index (κ1) is 33.2. The van der Waals surface area contributed by atoms with E-state index in [0.717, 1.165) is 39.2 Å². The fraction of sp³-hybridized carbons (Fsp3) is 0.0189. The van der Waals surface area contributed by atoms with Crippen LogP contribution in [0.2, 0.25) is 0 Å². The molecule has 57 heavy (non-hydrogen) atoms. The number of hydrogen-bond donors (Lipinski definition) is 0. The van der Waals surface area contributed by atoms with Crippen LogP contribution in [-0.4, -0.2) is 14.5 Å². The van der Waals surface area contributed by atoms with E-state index in [1.807, 2.05) is 11.3 Å². The monoisotopic (exact) mass is 745 g/mol. The van der Waals surface area contributed by atoms with Crippen LogP contribution in [0.3, 0.4) is 0 Å². The van der Waals surface area contributed by atoms with Crippen molar-refractivity contribution >= 4 is 53.3 Å². The van der Waals surface area contributed by atoms with Gasteiger partial charge in [-0.3, -0.25) is 4.57 Å². The second-order valence-corrected chi connectivity index (χ2v) is 15.6. The second-order valence-electron chi connectivity index (χ2n) is 14.5. The van der Waals surface area contributed by atoms with Crippen molar-refractivity contribution in [2.75, 3.05) is 0 Å². The van der Waals surface area contributed by atoms with Crippen LogP contribution >= 0.6 is 11.3 Å². The summed E-state index contributed by atoms with van der Waals surface area (Å²) in [5.41, 5.74) is 9.22. The van der Waals surface area contributed by atoms with E-state index in [9.17, 15) is 0 Å². The van der Waals surface area contributed by atoms with Crippen molar-refractivity contribution in [1.82, 2.24) is 14.5 Å². The standard InChI is InChI=1S/C53H35N3S/c1-4-18-38(19-5-1)53(39-20-6-2-7-21-39,40-22-8-3-9-23-40)41-24-16-17-37(33-41)52-54-46(36-31-32-45-44-27-12-15-30-49(44)57-50(45)34-36)35-51(55-52)56-47-28-13-10-25-42(47)43-26-11-14-29-48(43)56/h1-35H. The van der Waals surface area contributed by atoms with E-state index in [2.05, 4.69) is 217 Å². The van der Waals surface area contributed by atoms with Gasteiger partial charge in [0, 0.05) is 48.1 Å². The highest BCUT2D eigenvalue weighted by Gasteiger charge is 2.38. The van der Waals surface area contributed by atoms with Crippen molar-refractivity contribution in [1.29, 1.82) is 0 Å². The van der Waals surface area contributed by atoms with Crippen LogP contribution in [-0.2, 0) is 5.41 Å². The summed E-state index contributed by atoms with van der Waals surface area (Å²) in [5.74, 6) is 1.50. The molecule has 0 saturated carbocycles. The molecule has 0 saturated heterocycles. The molecular formula is C53H35N3S. The van der Waals surface area contributed by atoms with Gasteiger partial charge in [-0.15, -0.1) is 11.3 Å². The van der Waals surface area contributed by atoms with Gasteiger partial charge in [0.15, 0.2) is 5.82 Å². The number of para-hydroxylation sites is 2. The molecule has 0 aliphatic carbocycles. The molecule has 268 valence electrons. The molecule has 0 aliphatic heterocycles. The highest BCUT2D eigenvalue weighted by Crippen LogP contribution is 2.46. The van der Waals surface area contributed by atoms with Gasteiger partial charge in [0.05, 0.1) is 22.1 Å². The molecule has 0 radical (unpaired) electrons. The van der Waals surface area contributed by atoms with Gasteiger partial charge in [0.1, 0.15) is 5.82 Å². The van der Waals surface area contributed by atoms with Crippen molar-refractivity contribution in [3.05, 3.63) is 235 Å². The Labute approximate surface area is 334 Å². The predicted octanol–water partition coefficient (Wildman–Crippen LogP) is 13.7. The molecule has 0 spiro atoms. The van der Waals surface area contributed by atoms with Crippen LogP contribution in [0.15, 0.2) is 212 Å². The second kappa shape index (κ2) is 13.6. The summed E-state index contributed by atoms with van der Waals surface area (Å²) >= 11 is 1.83. The van der Waals surface area contributed by atoms with Crippen molar-refractivity contribution in [3.8, 4) is 28.5 Å². The van der Waals surface area contributed by atoms with Crippen LogP contribution in [0.5, 0.6) is 0 Å². The molecule has 11 aromatic rings. The summed E-state index contributed by atoms with van der Waals surface area (Å²) in [6.07, 6.45) is 0. The van der Waals surface area contributed by atoms with Crippen LogP contribution in [0, 0.1) is 0 Å². The first-order valence-electron chi connectivity index (χ1n) is 19.3. The Morgan fingerprint density at radius 3 is 1.53 bits per heavy atom. The van der Waals surface area contributed by atoms with Gasteiger partial charge in [-0.25, -0.2) is 9.97 Å². The molecular weight excluding hydrogens is 711 g/mol. The Bertz CT molecular complexity index is 3090. The number of nitrogens with zero attached hydrogens (tertiary/aromatic N) is 3. The smallest absolute Gasteiger partial charge is 0.162 e. The van der Waals surface area contributed by atoms with Crippen LogP contribution in [0.25, 0.3) is 70.4 Å². The number of thiophene rings is 1. The Kier molecular flexibility index (Phi) is 7.90. The Morgan fingerprint density at radius 1 is 0.368 bits per heavy atom. The predicted molar refractivity (Wildman–Crippen MR) is 238 cm³/mol. The quantitative estimate of drug-likeness (QED) is 0.152. The lowest BCUT2D eigenvalue weighted by atomic mass is 9.65. The molecule has 0 amide bonds. The van der Waals surface area contributed by atoms with E-state index < -0.39 is 5.41 Å². The third-order valence-corrected chi connectivity index (χ3v) is 12.5. The van der Waals surface area contributed by atoms with E-state index in [4.69, 9.17) is 9.97 Å². The Morgan fingerprint density at radius 2 is 0.895 bits per heavy atom. The average molecular weight is 746 g/mol. The van der Waals surface area contributed by atoms with Gasteiger partial charge >= 0.3 is 0 Å². The Hall–Kier alpha value is -7.14. The van der Waals surface area contributed by atoms with Gasteiger partial charge in [-0.2, -0.15) is 0 Å². The van der Waals surface area contributed by atoms with E-state index in [-0.39, 0.29) is 0 Å². The molecule has 3 heterocycles. The van der Waals surface area contributed by atoms with Gasteiger partial charge in [0.25, 0.3) is 0 Å². The van der Waals surface area contributed by atoms with Crippen molar-refractivity contribution < 1.29 is 0 Å². The van der Waals surface area contributed by atoms with Crippen molar-refractivity contribution in [2.45, 2.75) is 5.41 Å². The van der Waals surface area contributed by atoms with E-state index >= 15 is 0 Å². The summed E-state index contributed by atoms with van der Waals surface area (Å²) in [6, 6.07) is 76.2. The topological polar surface area (TPSA) is 30.7 Å². The molecule has 0 aliphatic rings. The van der Waals surface area contributed by atoms with Gasteiger partial charge in [-0.05, 0) is 52.6 Å². The lowest BCUT2D eigenvalue weighted by Crippen LogP contribution is -2.31. The van der Waals surface area contributed by atoms with Gasteiger partial charge in [-0.1, -0.05) is 176 Å². The fourth-order valence-corrected chi connectivity index (χ4v) is 9.98. The van der Waals surface area contributed by atoms with E-state index in [1.165, 1.54) is 47.6 Å². The highest BCUT2D eigenvalue weighted by atomic mass is 32.1.